The van der Waals surface area contributed by atoms with Gasteiger partial charge < -0.3 is 29.4 Å². The van der Waals surface area contributed by atoms with Crippen molar-refractivity contribution in [2.24, 2.45) is 17.8 Å². The number of nitrogens with zero attached hydrogens (tertiary/aromatic N) is 1. The van der Waals surface area contributed by atoms with Gasteiger partial charge in [0, 0.05) is 12.3 Å². The number of methoxy groups -OCH3 is 1. The molecule has 1 heterocycles. The van der Waals surface area contributed by atoms with Crippen molar-refractivity contribution in [2.75, 3.05) is 20.3 Å². The van der Waals surface area contributed by atoms with Crippen LogP contribution >= 0.6 is 0 Å². The number of hydrogen-bond acceptors (Lipinski definition) is 10. The van der Waals surface area contributed by atoms with Crippen molar-refractivity contribution in [3.8, 4) is 11.5 Å². The molecule has 1 fully saturated rings. The number of carbonyl (C=O) groups excluding carboxylic acids is 4. The lowest BCUT2D eigenvalue weighted by molar-refractivity contribution is -0.176. The van der Waals surface area contributed by atoms with Crippen molar-refractivity contribution in [3.63, 3.8) is 0 Å². The summed E-state index contributed by atoms with van der Waals surface area (Å²) in [5.74, 6) is -2.90. The minimum Gasteiger partial charge on any atom is -0.503 e. The van der Waals surface area contributed by atoms with Gasteiger partial charge in [0.05, 0.1) is 25.5 Å². The van der Waals surface area contributed by atoms with Crippen molar-refractivity contribution >= 4 is 24.3 Å². The summed E-state index contributed by atoms with van der Waals surface area (Å²) in [6.45, 7) is 4.98. The van der Waals surface area contributed by atoms with Gasteiger partial charge in [0.25, 0.3) is 12.4 Å². The Morgan fingerprint density at radius 3 is 2.50 bits per heavy atom. The smallest absolute Gasteiger partial charge is 0.312 e. The van der Waals surface area contributed by atoms with E-state index >= 15 is 0 Å². The van der Waals surface area contributed by atoms with Crippen molar-refractivity contribution in [3.05, 3.63) is 18.0 Å². The molecular formula is C27H40N2O9. The Kier molecular flexibility index (Phi) is 12.8. The summed E-state index contributed by atoms with van der Waals surface area (Å²) < 4.78 is 21.2. The summed E-state index contributed by atoms with van der Waals surface area (Å²) in [6.07, 6.45) is 6.26. The predicted molar refractivity (Wildman–Crippen MR) is 136 cm³/mol. The maximum absolute atomic E-state index is 13.2. The molecule has 0 saturated heterocycles. The van der Waals surface area contributed by atoms with E-state index in [1.165, 1.54) is 25.8 Å². The molecule has 38 heavy (non-hydrogen) atoms. The van der Waals surface area contributed by atoms with Gasteiger partial charge >= 0.3 is 11.9 Å². The van der Waals surface area contributed by atoms with Crippen molar-refractivity contribution < 1.29 is 43.2 Å². The average molecular weight is 537 g/mol. The Balaban J connectivity index is 2.07. The van der Waals surface area contributed by atoms with Crippen LogP contribution in [0.2, 0.25) is 0 Å². The predicted octanol–water partition coefficient (Wildman–Crippen LogP) is 3.17. The summed E-state index contributed by atoms with van der Waals surface area (Å²) in [5.41, 5.74) is -0.221. The molecule has 0 aromatic carbocycles. The molecule has 0 bridgehead atoms. The number of aromatic hydroxyl groups is 1. The van der Waals surface area contributed by atoms with Crippen LogP contribution in [0.3, 0.4) is 0 Å². The maximum atomic E-state index is 13.2. The normalized spacial score (nSPS) is 16.1. The average Bonchev–Trinajstić information content (AvgIpc) is 2.91. The molecule has 3 atom stereocenters. The number of esters is 2. The molecule has 1 aliphatic rings. The summed E-state index contributed by atoms with van der Waals surface area (Å²) in [5, 5.41) is 12.6. The van der Waals surface area contributed by atoms with E-state index in [-0.39, 0.29) is 31.1 Å². The Morgan fingerprint density at radius 1 is 1.16 bits per heavy atom. The van der Waals surface area contributed by atoms with E-state index in [1.54, 1.807) is 20.8 Å². The molecule has 1 aromatic heterocycles. The number of pyridine rings is 1. The summed E-state index contributed by atoms with van der Waals surface area (Å²) in [6, 6.07) is 1.42. The van der Waals surface area contributed by atoms with E-state index in [0.717, 1.165) is 32.1 Å². The van der Waals surface area contributed by atoms with Crippen LogP contribution in [0.15, 0.2) is 12.3 Å². The first-order chi connectivity index (χ1) is 18.2. The Bertz CT molecular complexity index is 931. The molecule has 1 aromatic rings. The number of rotatable bonds is 15. The molecule has 0 spiro atoms. The largest absolute Gasteiger partial charge is 0.503 e. The molecular weight excluding hydrogens is 496 g/mol. The zero-order valence-corrected chi connectivity index (χ0v) is 22.6. The monoisotopic (exact) mass is 536 g/mol. The Labute approximate surface area is 223 Å². The van der Waals surface area contributed by atoms with E-state index < -0.39 is 47.6 Å². The van der Waals surface area contributed by atoms with Gasteiger partial charge in [-0.3, -0.25) is 19.2 Å². The highest BCUT2D eigenvalue weighted by molar-refractivity contribution is 5.95. The van der Waals surface area contributed by atoms with Gasteiger partial charge in [-0.2, -0.15) is 0 Å². The first-order valence-corrected chi connectivity index (χ1v) is 13.2. The van der Waals surface area contributed by atoms with Gasteiger partial charge in [-0.1, -0.05) is 46.0 Å². The molecule has 0 aliphatic heterocycles. The number of carbonyl (C=O) groups is 4. The van der Waals surface area contributed by atoms with Gasteiger partial charge in [-0.05, 0) is 25.7 Å². The van der Waals surface area contributed by atoms with Crippen LogP contribution in [0, 0.1) is 17.8 Å². The van der Waals surface area contributed by atoms with Gasteiger partial charge in [-0.15, -0.1) is 0 Å². The zero-order chi connectivity index (χ0) is 28.1. The third kappa shape index (κ3) is 9.18. The molecule has 1 amide bonds. The minimum absolute atomic E-state index is 0.0465. The van der Waals surface area contributed by atoms with E-state index in [4.69, 9.17) is 18.9 Å². The molecule has 2 N–H and O–H groups in total. The van der Waals surface area contributed by atoms with Crippen LogP contribution in [-0.4, -0.2) is 66.9 Å². The quantitative estimate of drug-likeness (QED) is 0.148. The third-order valence-corrected chi connectivity index (χ3v) is 6.72. The lowest BCUT2D eigenvalue weighted by atomic mass is 9.82. The van der Waals surface area contributed by atoms with Crippen LogP contribution in [0.1, 0.15) is 76.2 Å². The fourth-order valence-electron chi connectivity index (χ4n) is 4.52. The third-order valence-electron chi connectivity index (χ3n) is 6.72. The van der Waals surface area contributed by atoms with E-state index in [9.17, 15) is 24.3 Å². The highest BCUT2D eigenvalue weighted by Crippen LogP contribution is 2.31. The number of nitrogens with one attached hydrogen (secondary N) is 1. The number of amides is 1. The second kappa shape index (κ2) is 15.8. The second-order valence-electron chi connectivity index (χ2n) is 9.82. The van der Waals surface area contributed by atoms with Gasteiger partial charge in [-0.25, -0.2) is 4.98 Å². The van der Waals surface area contributed by atoms with Crippen LogP contribution in [-0.2, 0) is 28.6 Å². The fraction of sp³-hybridized carbons (Fsp3) is 0.667. The van der Waals surface area contributed by atoms with Gasteiger partial charge in [0.15, 0.2) is 23.3 Å². The Hall–Kier alpha value is -3.37. The highest BCUT2D eigenvalue weighted by atomic mass is 16.6. The number of hydrogen-bond donors (Lipinski definition) is 2. The molecule has 11 heteroatoms. The lowest BCUT2D eigenvalue weighted by Gasteiger charge is -2.31. The van der Waals surface area contributed by atoms with E-state index in [2.05, 4.69) is 10.3 Å². The van der Waals surface area contributed by atoms with Crippen LogP contribution in [0.4, 0.5) is 0 Å². The molecule has 1 saturated carbocycles. The summed E-state index contributed by atoms with van der Waals surface area (Å²) in [7, 11) is 1.35. The highest BCUT2D eigenvalue weighted by Gasteiger charge is 2.38. The number of ether oxygens (including phenoxy) is 4. The van der Waals surface area contributed by atoms with E-state index in [1.807, 2.05) is 0 Å². The van der Waals surface area contributed by atoms with Crippen LogP contribution in [0.25, 0.3) is 0 Å². The molecule has 11 nitrogen and oxygen atoms in total. The van der Waals surface area contributed by atoms with Crippen molar-refractivity contribution in [1.82, 2.24) is 10.3 Å². The SMILES string of the molecule is COc1ccnc(C(=O)NCCOC(=O)C(CCC2CCCCC2)C(OC(=O)C(C)C)C(C)OC=O)c1O. The van der Waals surface area contributed by atoms with Crippen LogP contribution in [0.5, 0.6) is 11.5 Å². The zero-order valence-electron chi connectivity index (χ0n) is 22.6. The van der Waals surface area contributed by atoms with E-state index in [0.29, 0.717) is 12.3 Å². The summed E-state index contributed by atoms with van der Waals surface area (Å²) in [4.78, 5) is 53.0. The first-order valence-electron chi connectivity index (χ1n) is 13.2. The second-order valence-corrected chi connectivity index (χ2v) is 9.82. The molecule has 3 unspecified atom stereocenters. The molecule has 2 rings (SSSR count). The van der Waals surface area contributed by atoms with Crippen molar-refractivity contribution in [1.29, 1.82) is 0 Å². The lowest BCUT2D eigenvalue weighted by Crippen LogP contribution is -2.43. The maximum Gasteiger partial charge on any atom is 0.312 e. The molecule has 1 aliphatic carbocycles. The fourth-order valence-corrected chi connectivity index (χ4v) is 4.52. The standard InChI is InChI=1S/C27H40N2O9/c1-17(2)26(33)38-24(18(3)37-16-30)20(11-10-19-8-6-5-7-9-19)27(34)36-15-14-29-25(32)22-23(31)21(35-4)12-13-28-22/h12-13,16-20,24,31H,5-11,14-15H2,1-4H3,(H,29,32). The van der Waals surface area contributed by atoms with Crippen molar-refractivity contribution in [2.45, 2.75) is 77.9 Å². The minimum atomic E-state index is -1.02. The summed E-state index contributed by atoms with van der Waals surface area (Å²) >= 11 is 0. The number of aromatic nitrogens is 1. The first kappa shape index (κ1) is 30.9. The Morgan fingerprint density at radius 2 is 1.87 bits per heavy atom. The molecule has 212 valence electrons. The topological polar surface area (TPSA) is 150 Å². The molecule has 0 radical (unpaired) electrons. The van der Waals surface area contributed by atoms with Crippen LogP contribution < -0.4 is 10.1 Å². The van der Waals surface area contributed by atoms with Gasteiger partial charge in [0.1, 0.15) is 12.7 Å². The van der Waals surface area contributed by atoms with Gasteiger partial charge in [0.2, 0.25) is 0 Å².